The maximum atomic E-state index is 13.3. The highest BCUT2D eigenvalue weighted by Gasteiger charge is 2.60. The minimum absolute atomic E-state index is 0.0817. The molecule has 0 aliphatic carbocycles. The number of H-pyrrole nitrogens is 1. The van der Waals surface area contributed by atoms with Gasteiger partial charge in [-0.2, -0.15) is 0 Å². The van der Waals surface area contributed by atoms with Crippen LogP contribution in [0.15, 0.2) is 101 Å². The molecule has 14 nitrogen and oxygen atoms in total. The molecule has 0 spiro atoms. The molecule has 0 radical (unpaired) electrons. The second kappa shape index (κ2) is 21.0. The van der Waals surface area contributed by atoms with E-state index in [0.717, 1.165) is 5.57 Å². The SMILES string of the molecule is C/C=C/C=C/C1OC(O)(C(CC)C(=O)NC/C=C/C=C(\C)C(OC)C(C)C2OC(/C=C/C=C/C=C(\C)C(=O)c3c(O)cc[nH]c3=O)C(O)C2O)C(O)C(O)C1(C)C. The Hall–Kier alpha value is -4.25. The number of carbonyl (C=O) groups excluding carboxylic acids is 2. The van der Waals surface area contributed by atoms with Crippen LogP contribution in [0.1, 0.15) is 65.2 Å². The molecule has 3 heterocycles. The number of aromatic nitrogens is 1. The number of methoxy groups -OCH3 is 1. The quantitative estimate of drug-likeness (QED) is 0.0647. The Morgan fingerprint density at radius 1 is 1.00 bits per heavy atom. The van der Waals surface area contributed by atoms with Crippen LogP contribution in [0.4, 0.5) is 0 Å². The van der Waals surface area contributed by atoms with Crippen LogP contribution in [-0.2, 0) is 19.0 Å². The van der Waals surface area contributed by atoms with Gasteiger partial charge in [0.25, 0.3) is 5.56 Å². The number of aromatic hydroxyl groups is 1. The van der Waals surface area contributed by atoms with Gasteiger partial charge in [-0.05, 0) is 44.4 Å². The number of rotatable bonds is 17. The third-order valence-electron chi connectivity index (χ3n) is 10.7. The van der Waals surface area contributed by atoms with Gasteiger partial charge in [-0.15, -0.1) is 0 Å². The standard InChI is InChI=1S/C43H60N2O12/c1-9-11-13-21-31-42(6,7)38(50)39(51)43(54,57-31)28(10-2)40(52)44-23-17-16-19-26(4)36(55-8)27(5)37-35(49)34(48)30(56-37)20-15-12-14-18-25(3)33(47)32-29(46)22-24-45-41(32)53/h9,11-22,24,27-28,30-31,34-39,48-51,54H,10,23H2,1-8H3,(H,44,52)(H2,45,46,53)/b11-9+,14-12+,17-16+,20-15+,21-13+,25-18+,26-19+. The van der Waals surface area contributed by atoms with Gasteiger partial charge in [-0.3, -0.25) is 14.4 Å². The van der Waals surface area contributed by atoms with Crippen molar-refractivity contribution in [3.05, 3.63) is 112 Å². The molecule has 0 saturated carbocycles. The number of aromatic amines is 1. The number of allylic oxidation sites excluding steroid dienone is 10. The molecule has 314 valence electrons. The van der Waals surface area contributed by atoms with E-state index in [1.165, 1.54) is 32.4 Å². The first kappa shape index (κ1) is 47.1. The van der Waals surface area contributed by atoms with E-state index in [9.17, 15) is 45.0 Å². The zero-order valence-corrected chi connectivity index (χ0v) is 33.9. The largest absolute Gasteiger partial charge is 0.507 e. The fraction of sp³-hybridized carbons (Fsp3) is 0.512. The van der Waals surface area contributed by atoms with E-state index >= 15 is 0 Å². The first-order valence-electron chi connectivity index (χ1n) is 19.1. The highest BCUT2D eigenvalue weighted by molar-refractivity contribution is 6.09. The van der Waals surface area contributed by atoms with Crippen molar-refractivity contribution in [1.29, 1.82) is 0 Å². The van der Waals surface area contributed by atoms with Gasteiger partial charge in [0.05, 0.1) is 30.3 Å². The second-order valence-corrected chi connectivity index (χ2v) is 15.0. The van der Waals surface area contributed by atoms with E-state index in [1.807, 2.05) is 26.8 Å². The van der Waals surface area contributed by atoms with Gasteiger partial charge < -0.3 is 55.2 Å². The lowest BCUT2D eigenvalue weighted by atomic mass is 9.71. The van der Waals surface area contributed by atoms with Crippen molar-refractivity contribution >= 4 is 11.7 Å². The lowest BCUT2D eigenvalue weighted by Gasteiger charge is -2.53. The molecular weight excluding hydrogens is 736 g/mol. The normalized spacial score (nSPS) is 30.2. The first-order valence-corrected chi connectivity index (χ1v) is 19.1. The fourth-order valence-corrected chi connectivity index (χ4v) is 7.12. The number of hydrogen-bond acceptors (Lipinski definition) is 12. The van der Waals surface area contributed by atoms with Crippen LogP contribution >= 0.6 is 0 Å². The summed E-state index contributed by atoms with van der Waals surface area (Å²) in [6.45, 7) is 12.2. The van der Waals surface area contributed by atoms with Gasteiger partial charge in [-0.1, -0.05) is 101 Å². The monoisotopic (exact) mass is 796 g/mol. The maximum absolute atomic E-state index is 13.3. The Morgan fingerprint density at radius 3 is 2.32 bits per heavy atom. The zero-order valence-electron chi connectivity index (χ0n) is 33.9. The average Bonchev–Trinajstić information content (AvgIpc) is 3.45. The molecule has 2 aliphatic heterocycles. The summed E-state index contributed by atoms with van der Waals surface area (Å²) < 4.78 is 17.8. The molecular formula is C43H60N2O12. The lowest BCUT2D eigenvalue weighted by Crippen LogP contribution is -2.69. The molecule has 8 N–H and O–H groups in total. The summed E-state index contributed by atoms with van der Waals surface area (Å²) in [7, 11) is 1.52. The van der Waals surface area contributed by atoms with Gasteiger partial charge in [0.2, 0.25) is 11.7 Å². The van der Waals surface area contributed by atoms with Gasteiger partial charge >= 0.3 is 0 Å². The van der Waals surface area contributed by atoms with E-state index in [0.29, 0.717) is 0 Å². The lowest BCUT2D eigenvalue weighted by molar-refractivity contribution is -0.359. The second-order valence-electron chi connectivity index (χ2n) is 15.0. The number of hydrogen-bond donors (Lipinski definition) is 8. The van der Waals surface area contributed by atoms with Crippen molar-refractivity contribution in [2.24, 2.45) is 17.3 Å². The van der Waals surface area contributed by atoms with E-state index < -0.39 is 94.9 Å². The molecule has 2 saturated heterocycles. The summed E-state index contributed by atoms with van der Waals surface area (Å²) >= 11 is 0. The zero-order chi connectivity index (χ0) is 42.7. The summed E-state index contributed by atoms with van der Waals surface area (Å²) in [6.07, 6.45) is 12.8. The predicted octanol–water partition coefficient (Wildman–Crippen LogP) is 3.07. The summed E-state index contributed by atoms with van der Waals surface area (Å²) in [5, 5.41) is 67.8. The Bertz CT molecular complexity index is 1810. The van der Waals surface area contributed by atoms with Crippen LogP contribution in [0.3, 0.4) is 0 Å². The molecule has 11 unspecified atom stereocenters. The Kier molecular flexibility index (Phi) is 17.3. The predicted molar refractivity (Wildman–Crippen MR) is 215 cm³/mol. The van der Waals surface area contributed by atoms with Crippen LogP contribution in [0.5, 0.6) is 5.75 Å². The Balaban J connectivity index is 1.60. The summed E-state index contributed by atoms with van der Waals surface area (Å²) in [6, 6.07) is 1.22. The number of nitrogens with one attached hydrogen (secondary N) is 2. The minimum atomic E-state index is -2.34. The summed E-state index contributed by atoms with van der Waals surface area (Å²) in [5.41, 5.74) is -1.02. The van der Waals surface area contributed by atoms with Gasteiger partial charge in [-0.25, -0.2) is 0 Å². The van der Waals surface area contributed by atoms with Crippen molar-refractivity contribution in [3.63, 3.8) is 0 Å². The van der Waals surface area contributed by atoms with Crippen LogP contribution < -0.4 is 10.9 Å². The Morgan fingerprint density at radius 2 is 1.68 bits per heavy atom. The molecule has 14 heteroatoms. The van der Waals surface area contributed by atoms with Crippen molar-refractivity contribution in [3.8, 4) is 5.75 Å². The number of pyridine rings is 1. The van der Waals surface area contributed by atoms with Gasteiger partial charge in [0.1, 0.15) is 35.7 Å². The number of amides is 1. The molecule has 2 aliphatic rings. The smallest absolute Gasteiger partial charge is 0.262 e. The van der Waals surface area contributed by atoms with Crippen LogP contribution in [0, 0.1) is 17.3 Å². The first-order chi connectivity index (χ1) is 26.9. The molecule has 1 amide bonds. The number of ketones is 1. The minimum Gasteiger partial charge on any atom is -0.507 e. The summed E-state index contributed by atoms with van der Waals surface area (Å²) in [4.78, 5) is 40.2. The highest BCUT2D eigenvalue weighted by atomic mass is 16.7. The van der Waals surface area contributed by atoms with Crippen LogP contribution in [0.2, 0.25) is 0 Å². The summed E-state index contributed by atoms with van der Waals surface area (Å²) in [5.74, 6) is -5.55. The third kappa shape index (κ3) is 11.0. The van der Waals surface area contributed by atoms with E-state index in [2.05, 4.69) is 10.3 Å². The molecule has 1 aromatic heterocycles. The Labute approximate surface area is 334 Å². The topological polar surface area (TPSA) is 228 Å². The molecule has 57 heavy (non-hydrogen) atoms. The van der Waals surface area contributed by atoms with E-state index in [-0.39, 0.29) is 24.1 Å². The molecule has 2 fully saturated rings. The molecule has 3 rings (SSSR count). The van der Waals surface area contributed by atoms with Gasteiger partial charge in [0.15, 0.2) is 5.78 Å². The van der Waals surface area contributed by atoms with Crippen molar-refractivity contribution < 1.29 is 54.4 Å². The van der Waals surface area contributed by atoms with Crippen molar-refractivity contribution in [1.82, 2.24) is 10.3 Å². The van der Waals surface area contributed by atoms with Crippen LogP contribution in [0.25, 0.3) is 0 Å². The highest BCUT2D eigenvalue weighted by Crippen LogP contribution is 2.44. The number of ether oxygens (including phenoxy) is 3. The number of carbonyl (C=O) groups is 2. The average molecular weight is 797 g/mol. The van der Waals surface area contributed by atoms with Crippen molar-refractivity contribution in [2.75, 3.05) is 13.7 Å². The van der Waals surface area contributed by atoms with Gasteiger partial charge in [0, 0.05) is 31.2 Å². The van der Waals surface area contributed by atoms with Crippen LogP contribution in [-0.4, -0.2) is 116 Å². The number of Topliss-reactive ketones (excluding diaryl/α,β-unsaturated/α-hetero) is 1. The molecule has 1 aromatic rings. The number of aliphatic hydroxyl groups excluding tert-OH is 4. The van der Waals surface area contributed by atoms with Crippen molar-refractivity contribution in [2.45, 2.75) is 110 Å². The fourth-order valence-electron chi connectivity index (χ4n) is 7.12. The maximum Gasteiger partial charge on any atom is 0.262 e. The molecule has 0 bridgehead atoms. The number of aliphatic hydroxyl groups is 5. The molecule has 11 atom stereocenters. The van der Waals surface area contributed by atoms with E-state index in [4.69, 9.17) is 14.2 Å². The van der Waals surface area contributed by atoms with E-state index in [1.54, 1.807) is 81.5 Å². The third-order valence-corrected chi connectivity index (χ3v) is 10.7. The molecule has 0 aromatic carbocycles.